The van der Waals surface area contributed by atoms with Gasteiger partial charge in [-0.05, 0) is 43.4 Å². The van der Waals surface area contributed by atoms with Crippen LogP contribution >= 0.6 is 24.0 Å². The van der Waals surface area contributed by atoms with Gasteiger partial charge in [-0.25, -0.2) is 0 Å². The molecule has 1 aliphatic heterocycles. The van der Waals surface area contributed by atoms with Crippen LogP contribution in [0.4, 0.5) is 0 Å². The van der Waals surface area contributed by atoms with Crippen molar-refractivity contribution in [3.63, 3.8) is 0 Å². The lowest BCUT2D eigenvalue weighted by Gasteiger charge is -2.31. The van der Waals surface area contributed by atoms with Crippen LogP contribution in [0.15, 0.2) is 78.9 Å². The van der Waals surface area contributed by atoms with E-state index in [0.29, 0.717) is 11.2 Å². The number of hydrogen-bond acceptors (Lipinski definition) is 5. The smallest absolute Gasteiger partial charge is 0.176 e. The van der Waals surface area contributed by atoms with Gasteiger partial charge >= 0.3 is 0 Å². The molecule has 2 aromatic carbocycles. The highest BCUT2D eigenvalue weighted by Crippen LogP contribution is 2.46. The van der Waals surface area contributed by atoms with Crippen molar-refractivity contribution < 1.29 is 4.74 Å². The van der Waals surface area contributed by atoms with Gasteiger partial charge in [-0.1, -0.05) is 86.3 Å². The number of allylic oxidation sites excluding steroid dienone is 3. The Morgan fingerprint density at radius 3 is 2.76 bits per heavy atom. The van der Waals surface area contributed by atoms with Gasteiger partial charge in [0.2, 0.25) is 0 Å². The number of nitrogens with one attached hydrogen (secondary N) is 1. The van der Waals surface area contributed by atoms with Crippen molar-refractivity contribution in [2.24, 2.45) is 11.8 Å². The van der Waals surface area contributed by atoms with E-state index < -0.39 is 0 Å². The number of hydrogen-bond donors (Lipinski definition) is 1. The summed E-state index contributed by atoms with van der Waals surface area (Å²) < 4.78 is 6.19. The molecule has 0 saturated carbocycles. The second kappa shape index (κ2) is 13.2. The van der Waals surface area contributed by atoms with Gasteiger partial charge in [0.05, 0.1) is 0 Å². The van der Waals surface area contributed by atoms with Crippen molar-refractivity contribution in [3.8, 4) is 17.7 Å². The summed E-state index contributed by atoms with van der Waals surface area (Å²) in [5, 5.41) is 11.9. The SMILES string of the molecule is C=C1CC(c2ccccc2Oc2ccccc2)SCC1C(=S)/C=C/C[C@H](CCC)CNC#N. The first-order valence-corrected chi connectivity index (χ1v) is 13.0. The number of benzene rings is 2. The Bertz CT molecular complexity index is 996. The molecule has 172 valence electrons. The van der Waals surface area contributed by atoms with Gasteiger partial charge < -0.3 is 10.1 Å². The molecule has 0 radical (unpaired) electrons. The molecule has 5 heteroatoms. The van der Waals surface area contributed by atoms with Gasteiger partial charge in [0.25, 0.3) is 0 Å². The van der Waals surface area contributed by atoms with E-state index in [1.54, 1.807) is 0 Å². The standard InChI is InChI=1S/C28H32N2OS2/c1-3-10-22(18-30-20-29)11-9-16-27(32)25-19-33-28(17-21(25)2)24-14-7-8-15-26(24)31-23-12-5-4-6-13-23/h4-9,12-16,22,25,28,30H,2-3,10-11,17-19H2,1H3/b16-9+/t22-,25?,28?/m0/s1. The molecule has 3 rings (SSSR count). The van der Waals surface area contributed by atoms with Gasteiger partial charge in [0.15, 0.2) is 6.19 Å². The van der Waals surface area contributed by atoms with Crippen molar-refractivity contribution in [1.82, 2.24) is 5.32 Å². The molecule has 1 fully saturated rings. The van der Waals surface area contributed by atoms with Gasteiger partial charge in [-0.15, -0.1) is 0 Å². The van der Waals surface area contributed by atoms with Crippen molar-refractivity contribution in [2.75, 3.05) is 12.3 Å². The summed E-state index contributed by atoms with van der Waals surface area (Å²) in [4.78, 5) is 0.961. The van der Waals surface area contributed by atoms with Gasteiger partial charge in [-0.2, -0.15) is 17.0 Å². The molecule has 1 aliphatic rings. The van der Waals surface area contributed by atoms with E-state index in [4.69, 9.17) is 22.2 Å². The molecule has 1 saturated heterocycles. The monoisotopic (exact) mass is 476 g/mol. The number of thiocarbonyl (C=S) groups is 1. The summed E-state index contributed by atoms with van der Waals surface area (Å²) >= 11 is 7.70. The Labute approximate surface area is 207 Å². The van der Waals surface area contributed by atoms with Gasteiger partial charge in [0, 0.05) is 33.9 Å². The van der Waals surface area contributed by atoms with E-state index in [9.17, 15) is 0 Å². The molecular weight excluding hydrogens is 444 g/mol. The molecule has 0 bridgehead atoms. The molecule has 3 atom stereocenters. The van der Waals surface area contributed by atoms with E-state index in [-0.39, 0.29) is 5.92 Å². The maximum atomic E-state index is 8.77. The second-order valence-corrected chi connectivity index (χ2v) is 10.1. The quantitative estimate of drug-likeness (QED) is 0.119. The number of ether oxygens (including phenoxy) is 1. The molecule has 0 aromatic heterocycles. The predicted molar refractivity (Wildman–Crippen MR) is 144 cm³/mol. The Morgan fingerprint density at radius 1 is 1.27 bits per heavy atom. The normalized spacial score (nSPS) is 19.1. The number of nitrogens with zero attached hydrogens (tertiary/aromatic N) is 1. The van der Waals surface area contributed by atoms with Crippen LogP contribution in [-0.4, -0.2) is 17.2 Å². The Morgan fingerprint density at radius 2 is 2.03 bits per heavy atom. The third kappa shape index (κ3) is 7.48. The Balaban J connectivity index is 1.59. The van der Waals surface area contributed by atoms with E-state index in [1.165, 1.54) is 11.1 Å². The number of rotatable bonds is 11. The van der Waals surface area contributed by atoms with Crippen LogP contribution in [0.1, 0.15) is 43.4 Å². The number of nitriles is 1. The van der Waals surface area contributed by atoms with Gasteiger partial charge in [0.1, 0.15) is 11.5 Å². The summed E-state index contributed by atoms with van der Waals surface area (Å²) in [6.45, 7) is 7.30. The first kappa shape index (κ1) is 25.1. The third-order valence-electron chi connectivity index (χ3n) is 5.90. The van der Waals surface area contributed by atoms with Crippen molar-refractivity contribution >= 4 is 28.8 Å². The highest BCUT2D eigenvalue weighted by molar-refractivity contribution is 7.99. The first-order valence-electron chi connectivity index (χ1n) is 11.6. The van der Waals surface area contributed by atoms with E-state index >= 15 is 0 Å². The topological polar surface area (TPSA) is 45.0 Å². The molecule has 1 N–H and O–H groups in total. The van der Waals surface area contributed by atoms with Crippen molar-refractivity contribution in [1.29, 1.82) is 5.26 Å². The molecule has 0 aliphatic carbocycles. The summed E-state index contributed by atoms with van der Waals surface area (Å²) in [7, 11) is 0. The summed E-state index contributed by atoms with van der Waals surface area (Å²) in [5.41, 5.74) is 2.40. The highest BCUT2D eigenvalue weighted by Gasteiger charge is 2.29. The van der Waals surface area contributed by atoms with Crippen LogP contribution in [0.25, 0.3) is 0 Å². The van der Waals surface area contributed by atoms with E-state index in [1.807, 2.05) is 60.4 Å². The number of para-hydroxylation sites is 2. The molecule has 1 heterocycles. The second-order valence-electron chi connectivity index (χ2n) is 8.38. The van der Waals surface area contributed by atoms with Crippen LogP contribution in [0.3, 0.4) is 0 Å². The minimum absolute atomic E-state index is 0.224. The van der Waals surface area contributed by atoms with Crippen LogP contribution in [0.5, 0.6) is 11.5 Å². The lowest BCUT2D eigenvalue weighted by molar-refractivity contribution is 0.473. The molecule has 3 nitrogen and oxygen atoms in total. The maximum Gasteiger partial charge on any atom is 0.176 e. The predicted octanol–water partition coefficient (Wildman–Crippen LogP) is 7.63. The Kier molecular flexibility index (Phi) is 10.1. The summed E-state index contributed by atoms with van der Waals surface area (Å²) in [6.07, 6.45) is 10.3. The highest BCUT2D eigenvalue weighted by atomic mass is 32.2. The average Bonchev–Trinajstić information content (AvgIpc) is 2.83. The van der Waals surface area contributed by atoms with Crippen LogP contribution in [-0.2, 0) is 0 Å². The zero-order valence-corrected chi connectivity index (χ0v) is 20.8. The fourth-order valence-corrected chi connectivity index (χ4v) is 6.10. The lowest BCUT2D eigenvalue weighted by Crippen LogP contribution is -2.22. The summed E-state index contributed by atoms with van der Waals surface area (Å²) in [6, 6.07) is 18.2. The molecule has 2 unspecified atom stereocenters. The number of thioether (sulfide) groups is 1. The van der Waals surface area contributed by atoms with Crippen molar-refractivity contribution in [3.05, 3.63) is 84.5 Å². The van der Waals surface area contributed by atoms with Crippen molar-refractivity contribution in [2.45, 2.75) is 37.9 Å². The third-order valence-corrected chi connectivity index (χ3v) is 7.67. The van der Waals surface area contributed by atoms with Crippen LogP contribution < -0.4 is 10.1 Å². The minimum atomic E-state index is 0.224. The van der Waals surface area contributed by atoms with Crippen LogP contribution in [0, 0.1) is 23.3 Å². The average molecular weight is 477 g/mol. The molecule has 2 aromatic rings. The first-order chi connectivity index (χ1) is 16.1. The van der Waals surface area contributed by atoms with E-state index in [2.05, 4.69) is 43.1 Å². The van der Waals surface area contributed by atoms with E-state index in [0.717, 1.165) is 54.3 Å². The minimum Gasteiger partial charge on any atom is -0.457 e. The largest absolute Gasteiger partial charge is 0.457 e. The zero-order valence-electron chi connectivity index (χ0n) is 19.2. The fraction of sp³-hybridized carbons (Fsp3) is 0.357. The molecule has 0 spiro atoms. The fourth-order valence-electron chi connectivity index (χ4n) is 4.10. The molecule has 0 amide bonds. The zero-order chi connectivity index (χ0) is 23.5. The maximum absolute atomic E-state index is 8.77. The lowest BCUT2D eigenvalue weighted by atomic mass is 9.91. The summed E-state index contributed by atoms with van der Waals surface area (Å²) in [5.74, 6) is 3.37. The Hall–Kier alpha value is -2.55. The van der Waals surface area contributed by atoms with Gasteiger partial charge in [-0.3, -0.25) is 0 Å². The van der Waals surface area contributed by atoms with Crippen LogP contribution in [0.2, 0.25) is 0 Å². The molecular formula is C28H32N2OS2. The molecule has 33 heavy (non-hydrogen) atoms.